The van der Waals surface area contributed by atoms with Gasteiger partial charge in [0.1, 0.15) is 5.82 Å². The van der Waals surface area contributed by atoms with Crippen LogP contribution >= 0.6 is 22.9 Å². The van der Waals surface area contributed by atoms with Crippen molar-refractivity contribution in [2.75, 3.05) is 11.1 Å². The first-order valence-electron chi connectivity index (χ1n) is 4.99. The van der Waals surface area contributed by atoms with Gasteiger partial charge in [0.05, 0.1) is 17.8 Å². The number of amides is 1. The van der Waals surface area contributed by atoms with Crippen LogP contribution in [-0.4, -0.2) is 10.9 Å². The molecule has 1 aromatic heterocycles. The monoisotopic (exact) mass is 285 g/mol. The van der Waals surface area contributed by atoms with Crippen LogP contribution in [0.25, 0.3) is 0 Å². The van der Waals surface area contributed by atoms with Gasteiger partial charge in [-0.1, -0.05) is 11.6 Å². The van der Waals surface area contributed by atoms with Crippen LogP contribution in [0.2, 0.25) is 5.02 Å². The number of halogens is 2. The molecule has 0 atom stereocenters. The predicted octanol–water partition coefficient (Wildman–Crippen LogP) is 2.70. The zero-order chi connectivity index (χ0) is 13.1. The van der Waals surface area contributed by atoms with Gasteiger partial charge in [-0.25, -0.2) is 9.37 Å². The highest BCUT2D eigenvalue weighted by atomic mass is 35.5. The average molecular weight is 286 g/mol. The van der Waals surface area contributed by atoms with E-state index in [1.54, 1.807) is 5.38 Å². The molecule has 0 aliphatic heterocycles. The second-order valence-corrected chi connectivity index (χ2v) is 4.85. The van der Waals surface area contributed by atoms with Crippen molar-refractivity contribution >= 4 is 39.7 Å². The van der Waals surface area contributed by atoms with Gasteiger partial charge in [0, 0.05) is 10.4 Å². The number of anilines is 2. The van der Waals surface area contributed by atoms with E-state index in [4.69, 9.17) is 17.3 Å². The number of benzene rings is 1. The van der Waals surface area contributed by atoms with Crippen molar-refractivity contribution in [2.45, 2.75) is 6.42 Å². The minimum atomic E-state index is -0.575. The molecule has 94 valence electrons. The summed E-state index contributed by atoms with van der Waals surface area (Å²) in [5.41, 5.74) is 6.10. The normalized spacial score (nSPS) is 10.3. The Morgan fingerprint density at radius 1 is 1.56 bits per heavy atom. The summed E-state index contributed by atoms with van der Waals surface area (Å²) in [4.78, 5) is 15.6. The summed E-state index contributed by atoms with van der Waals surface area (Å²) < 4.78 is 13.4. The molecule has 1 amide bonds. The summed E-state index contributed by atoms with van der Waals surface area (Å²) in [6, 6.07) is 4.05. The number of hydrogen-bond donors (Lipinski definition) is 2. The van der Waals surface area contributed by atoms with Crippen LogP contribution in [0, 0.1) is 5.82 Å². The largest absolute Gasteiger partial charge is 0.375 e. The van der Waals surface area contributed by atoms with E-state index in [1.807, 2.05) is 0 Å². The molecule has 0 unspecified atom stereocenters. The van der Waals surface area contributed by atoms with E-state index in [0.717, 1.165) is 6.07 Å². The van der Waals surface area contributed by atoms with Gasteiger partial charge in [0.2, 0.25) is 5.91 Å². The van der Waals surface area contributed by atoms with Crippen molar-refractivity contribution < 1.29 is 9.18 Å². The number of nitrogens with zero attached hydrogens (tertiary/aromatic N) is 1. The van der Waals surface area contributed by atoms with Crippen molar-refractivity contribution in [3.8, 4) is 0 Å². The van der Waals surface area contributed by atoms with Crippen molar-refractivity contribution in [3.63, 3.8) is 0 Å². The molecule has 2 rings (SSSR count). The Hall–Kier alpha value is -1.66. The van der Waals surface area contributed by atoms with Gasteiger partial charge in [0.15, 0.2) is 5.13 Å². The van der Waals surface area contributed by atoms with Crippen LogP contribution in [0.1, 0.15) is 5.69 Å². The van der Waals surface area contributed by atoms with E-state index in [-0.39, 0.29) is 23.0 Å². The molecule has 3 N–H and O–H groups in total. The van der Waals surface area contributed by atoms with Crippen molar-refractivity contribution in [3.05, 3.63) is 40.1 Å². The Kier molecular flexibility index (Phi) is 3.78. The Bertz CT molecular complexity index is 587. The Labute approximate surface area is 112 Å². The van der Waals surface area contributed by atoms with Crippen molar-refractivity contribution in [1.82, 2.24) is 4.98 Å². The zero-order valence-electron chi connectivity index (χ0n) is 9.11. The van der Waals surface area contributed by atoms with Crippen LogP contribution in [-0.2, 0) is 11.2 Å². The topological polar surface area (TPSA) is 68.0 Å². The molecule has 0 aliphatic carbocycles. The lowest BCUT2D eigenvalue weighted by Gasteiger charge is -2.05. The maximum absolute atomic E-state index is 13.4. The molecule has 0 radical (unpaired) electrons. The number of hydrogen-bond acceptors (Lipinski definition) is 4. The second kappa shape index (κ2) is 5.32. The number of carbonyl (C=O) groups is 1. The third-order valence-electron chi connectivity index (χ3n) is 2.12. The van der Waals surface area contributed by atoms with Gasteiger partial charge in [0.25, 0.3) is 0 Å². The highest BCUT2D eigenvalue weighted by Gasteiger charge is 2.10. The van der Waals surface area contributed by atoms with Crippen LogP contribution in [0.3, 0.4) is 0 Å². The van der Waals surface area contributed by atoms with E-state index in [0.29, 0.717) is 10.8 Å². The van der Waals surface area contributed by atoms with Gasteiger partial charge < -0.3 is 11.1 Å². The maximum Gasteiger partial charge on any atom is 0.230 e. The summed E-state index contributed by atoms with van der Waals surface area (Å²) in [7, 11) is 0. The van der Waals surface area contributed by atoms with E-state index < -0.39 is 5.82 Å². The smallest absolute Gasteiger partial charge is 0.230 e. The highest BCUT2D eigenvalue weighted by molar-refractivity contribution is 7.13. The van der Waals surface area contributed by atoms with Gasteiger partial charge >= 0.3 is 0 Å². The first-order chi connectivity index (χ1) is 8.54. The fourth-order valence-electron chi connectivity index (χ4n) is 1.35. The van der Waals surface area contributed by atoms with Crippen LogP contribution in [0.15, 0.2) is 23.6 Å². The molecule has 7 heteroatoms. The van der Waals surface area contributed by atoms with Crippen LogP contribution in [0.5, 0.6) is 0 Å². The summed E-state index contributed by atoms with van der Waals surface area (Å²) in [6.07, 6.45) is 0.0514. The molecule has 1 heterocycles. The fraction of sp³-hybridized carbons (Fsp3) is 0.0909. The molecule has 0 spiro atoms. The minimum Gasteiger partial charge on any atom is -0.375 e. The number of nitrogens with one attached hydrogen (secondary N) is 1. The molecular formula is C11H9ClFN3OS. The molecule has 0 saturated carbocycles. The fourth-order valence-corrected chi connectivity index (χ4v) is 2.08. The first kappa shape index (κ1) is 12.8. The molecule has 2 aromatic rings. The number of rotatable bonds is 3. The second-order valence-electron chi connectivity index (χ2n) is 3.53. The number of aromatic nitrogens is 1. The van der Waals surface area contributed by atoms with Gasteiger partial charge in [-0.3, -0.25) is 4.79 Å². The van der Waals surface area contributed by atoms with E-state index in [9.17, 15) is 9.18 Å². The molecule has 1 aromatic carbocycles. The third-order valence-corrected chi connectivity index (χ3v) is 3.07. The number of carbonyl (C=O) groups excluding carboxylic acids is 1. The Balaban J connectivity index is 2.03. The minimum absolute atomic E-state index is 0.0514. The van der Waals surface area contributed by atoms with Gasteiger partial charge in [-0.15, -0.1) is 11.3 Å². The third kappa shape index (κ3) is 3.18. The van der Waals surface area contributed by atoms with E-state index in [1.165, 1.54) is 23.5 Å². The summed E-state index contributed by atoms with van der Waals surface area (Å²) >= 11 is 6.86. The average Bonchev–Trinajstić information content (AvgIpc) is 2.68. The summed E-state index contributed by atoms with van der Waals surface area (Å²) in [6.45, 7) is 0. The van der Waals surface area contributed by atoms with Gasteiger partial charge in [-0.2, -0.15) is 0 Å². The Morgan fingerprint density at radius 3 is 2.94 bits per heavy atom. The number of thiazole rings is 1. The van der Waals surface area contributed by atoms with Crippen molar-refractivity contribution in [2.24, 2.45) is 0 Å². The quantitative estimate of drug-likeness (QED) is 0.911. The van der Waals surface area contributed by atoms with Crippen LogP contribution < -0.4 is 11.1 Å². The predicted molar refractivity (Wildman–Crippen MR) is 70.3 cm³/mol. The standard InChI is InChI=1S/C11H9ClFN3OS/c12-6-1-2-9(8(13)3-6)16-10(17)4-7-5-18-11(14)15-7/h1-3,5H,4H2,(H2,14,15)(H,16,17). The maximum atomic E-state index is 13.4. The lowest BCUT2D eigenvalue weighted by molar-refractivity contribution is -0.115. The molecule has 0 aliphatic rings. The van der Waals surface area contributed by atoms with Crippen molar-refractivity contribution in [1.29, 1.82) is 0 Å². The Morgan fingerprint density at radius 2 is 2.33 bits per heavy atom. The van der Waals surface area contributed by atoms with Gasteiger partial charge in [-0.05, 0) is 18.2 Å². The molecule has 4 nitrogen and oxygen atoms in total. The zero-order valence-corrected chi connectivity index (χ0v) is 10.7. The molecule has 0 bridgehead atoms. The molecule has 0 saturated heterocycles. The van der Waals surface area contributed by atoms with Crippen LogP contribution in [0.4, 0.5) is 15.2 Å². The SMILES string of the molecule is Nc1nc(CC(=O)Nc2ccc(Cl)cc2F)cs1. The summed E-state index contributed by atoms with van der Waals surface area (Å²) in [5, 5.41) is 4.81. The number of nitrogen functional groups attached to an aromatic ring is 1. The number of nitrogens with two attached hydrogens (primary N) is 1. The van der Waals surface area contributed by atoms with E-state index >= 15 is 0 Å². The van der Waals surface area contributed by atoms with E-state index in [2.05, 4.69) is 10.3 Å². The lowest BCUT2D eigenvalue weighted by atomic mass is 10.2. The summed E-state index contributed by atoms with van der Waals surface area (Å²) in [5.74, 6) is -0.935. The molecule has 18 heavy (non-hydrogen) atoms. The highest BCUT2D eigenvalue weighted by Crippen LogP contribution is 2.19. The lowest BCUT2D eigenvalue weighted by Crippen LogP contribution is -2.15. The molecule has 0 fully saturated rings. The first-order valence-corrected chi connectivity index (χ1v) is 6.25. The molecular weight excluding hydrogens is 277 g/mol.